The monoisotopic (exact) mass is 1090 g/mol. The molecule has 0 aromatic rings. The molecule has 10 heteroatoms. The SMILES string of the molecule is CCCCC/C=C\C/C=C\CCCCCCCCCCCCCCCC(=O)NC(COP(=O)([O-])OCC[N+](C)(C)C)C(/C=C\CCCCCCCCCCCCC)OC(=O)CCCCCCCCCCCCCCCC. The first kappa shape index (κ1) is 74.2. The van der Waals surface area contributed by atoms with E-state index in [4.69, 9.17) is 13.8 Å². The molecule has 0 saturated carbocycles. The van der Waals surface area contributed by atoms with Crippen LogP contribution in [0, 0.1) is 0 Å². The normalized spacial score (nSPS) is 13.8. The van der Waals surface area contributed by atoms with Gasteiger partial charge < -0.3 is 28.5 Å². The quantitative estimate of drug-likeness (QED) is 0.0212. The number of hydrogen-bond donors (Lipinski definition) is 1. The van der Waals surface area contributed by atoms with Gasteiger partial charge in [0, 0.05) is 12.8 Å². The third-order valence-electron chi connectivity index (χ3n) is 14.8. The van der Waals surface area contributed by atoms with Crippen LogP contribution in [0.1, 0.15) is 323 Å². The van der Waals surface area contributed by atoms with Crippen molar-refractivity contribution in [3.8, 4) is 0 Å². The van der Waals surface area contributed by atoms with E-state index in [1.165, 1.54) is 225 Å². The number of unbranched alkanes of at least 4 members (excludes halogenated alkanes) is 40. The highest BCUT2D eigenvalue weighted by molar-refractivity contribution is 7.45. The van der Waals surface area contributed by atoms with Gasteiger partial charge in [0.15, 0.2) is 0 Å². The number of hydrogen-bond acceptors (Lipinski definition) is 7. The van der Waals surface area contributed by atoms with Crippen LogP contribution >= 0.6 is 7.82 Å². The van der Waals surface area contributed by atoms with E-state index in [1.807, 2.05) is 33.3 Å². The maximum Gasteiger partial charge on any atom is 0.306 e. The second kappa shape index (κ2) is 56.5. The lowest BCUT2D eigenvalue weighted by Crippen LogP contribution is -2.47. The lowest BCUT2D eigenvalue weighted by atomic mass is 10.0. The van der Waals surface area contributed by atoms with Crippen molar-refractivity contribution >= 4 is 19.7 Å². The number of quaternary nitrogens is 1. The highest BCUT2D eigenvalue weighted by atomic mass is 31.2. The molecular formula is C66H127N2O7P. The van der Waals surface area contributed by atoms with Gasteiger partial charge in [-0.2, -0.15) is 0 Å². The maximum atomic E-state index is 13.6. The Labute approximate surface area is 472 Å². The number of nitrogens with one attached hydrogen (secondary N) is 1. The predicted octanol–water partition coefficient (Wildman–Crippen LogP) is 19.7. The van der Waals surface area contributed by atoms with Gasteiger partial charge in [0.25, 0.3) is 7.82 Å². The summed E-state index contributed by atoms with van der Waals surface area (Å²) in [6.07, 6.45) is 68.2. The number of phosphoric ester groups is 1. The summed E-state index contributed by atoms with van der Waals surface area (Å²) in [5.41, 5.74) is 0. The van der Waals surface area contributed by atoms with Gasteiger partial charge in [-0.3, -0.25) is 14.2 Å². The van der Waals surface area contributed by atoms with E-state index in [9.17, 15) is 19.0 Å². The minimum absolute atomic E-state index is 0.0195. The van der Waals surface area contributed by atoms with Gasteiger partial charge in [0.1, 0.15) is 19.3 Å². The van der Waals surface area contributed by atoms with Crippen molar-refractivity contribution in [3.05, 3.63) is 36.5 Å². The van der Waals surface area contributed by atoms with Gasteiger partial charge in [-0.15, -0.1) is 0 Å². The maximum absolute atomic E-state index is 13.6. The summed E-state index contributed by atoms with van der Waals surface area (Å²) in [7, 11) is 1.20. The van der Waals surface area contributed by atoms with Crippen LogP contribution in [0.5, 0.6) is 0 Å². The number of likely N-dealkylation sites (N-methyl/N-ethyl adjacent to an activating group) is 1. The van der Waals surface area contributed by atoms with Gasteiger partial charge in [0.2, 0.25) is 5.91 Å². The van der Waals surface area contributed by atoms with E-state index in [-0.39, 0.29) is 31.5 Å². The van der Waals surface area contributed by atoms with Crippen LogP contribution in [0.25, 0.3) is 0 Å². The molecule has 9 nitrogen and oxygen atoms in total. The highest BCUT2D eigenvalue weighted by Gasteiger charge is 2.27. The zero-order valence-electron chi connectivity index (χ0n) is 51.2. The number of esters is 1. The van der Waals surface area contributed by atoms with Crippen LogP contribution in [-0.2, 0) is 27.9 Å². The largest absolute Gasteiger partial charge is 0.756 e. The van der Waals surface area contributed by atoms with Gasteiger partial charge >= 0.3 is 5.97 Å². The Kier molecular flexibility index (Phi) is 55.2. The van der Waals surface area contributed by atoms with Gasteiger partial charge in [-0.05, 0) is 63.9 Å². The molecule has 1 N–H and O–H groups in total. The molecule has 0 bridgehead atoms. The third-order valence-corrected chi connectivity index (χ3v) is 15.8. The molecule has 0 radical (unpaired) electrons. The van der Waals surface area contributed by atoms with Gasteiger partial charge in [0.05, 0.1) is 33.8 Å². The van der Waals surface area contributed by atoms with Crippen molar-refractivity contribution in [3.63, 3.8) is 0 Å². The number of rotatable bonds is 60. The molecule has 0 rings (SSSR count). The molecule has 3 atom stereocenters. The van der Waals surface area contributed by atoms with E-state index in [0.717, 1.165) is 64.2 Å². The average molecular weight is 1090 g/mol. The summed E-state index contributed by atoms with van der Waals surface area (Å²) < 4.78 is 30.4. The summed E-state index contributed by atoms with van der Waals surface area (Å²) in [5.74, 6) is -0.525. The fraction of sp³-hybridized carbons (Fsp3) is 0.879. The Morgan fingerprint density at radius 3 is 1.21 bits per heavy atom. The summed E-state index contributed by atoms with van der Waals surface area (Å²) in [6.45, 7) is 6.86. The second-order valence-corrected chi connectivity index (χ2v) is 25.0. The number of amides is 1. The Hall–Kier alpha value is -1.77. The minimum atomic E-state index is -4.70. The molecule has 0 spiro atoms. The Morgan fingerprint density at radius 1 is 0.461 bits per heavy atom. The van der Waals surface area contributed by atoms with E-state index < -0.39 is 20.0 Å². The Morgan fingerprint density at radius 2 is 0.803 bits per heavy atom. The topological polar surface area (TPSA) is 114 Å². The zero-order valence-corrected chi connectivity index (χ0v) is 52.1. The van der Waals surface area contributed by atoms with E-state index in [0.29, 0.717) is 17.4 Å². The molecule has 76 heavy (non-hydrogen) atoms. The van der Waals surface area contributed by atoms with E-state index in [2.05, 4.69) is 50.4 Å². The molecule has 0 aromatic heterocycles. The van der Waals surface area contributed by atoms with Crippen LogP contribution in [0.2, 0.25) is 0 Å². The second-order valence-electron chi connectivity index (χ2n) is 23.6. The zero-order chi connectivity index (χ0) is 55.7. The van der Waals surface area contributed by atoms with Gasteiger partial charge in [-0.25, -0.2) is 0 Å². The van der Waals surface area contributed by atoms with Gasteiger partial charge in [-0.1, -0.05) is 282 Å². The van der Waals surface area contributed by atoms with Crippen LogP contribution < -0.4 is 10.2 Å². The number of carbonyl (C=O) groups excluding carboxylic acids is 2. The molecule has 0 aliphatic rings. The van der Waals surface area contributed by atoms with E-state index in [1.54, 1.807) is 0 Å². The number of ether oxygens (including phenoxy) is 1. The molecule has 0 aromatic carbocycles. The van der Waals surface area contributed by atoms with Crippen LogP contribution in [0.4, 0.5) is 0 Å². The fourth-order valence-corrected chi connectivity index (χ4v) is 10.5. The number of nitrogens with zero attached hydrogens (tertiary/aromatic N) is 1. The molecule has 0 aliphatic heterocycles. The Bertz CT molecular complexity index is 1400. The van der Waals surface area contributed by atoms with Crippen molar-refractivity contribution < 1.29 is 37.3 Å². The fourth-order valence-electron chi connectivity index (χ4n) is 9.73. The summed E-state index contributed by atoms with van der Waals surface area (Å²) in [4.78, 5) is 40.0. The summed E-state index contributed by atoms with van der Waals surface area (Å²) in [5, 5.41) is 3.04. The number of carbonyl (C=O) groups is 2. The highest BCUT2D eigenvalue weighted by Crippen LogP contribution is 2.38. The van der Waals surface area contributed by atoms with Crippen LogP contribution in [-0.4, -0.2) is 69.4 Å². The first-order chi connectivity index (χ1) is 36.9. The number of allylic oxidation sites excluding steroid dienone is 5. The lowest BCUT2D eigenvalue weighted by Gasteiger charge is -2.30. The Balaban J connectivity index is 5.13. The minimum Gasteiger partial charge on any atom is -0.756 e. The number of phosphoric acid groups is 1. The van der Waals surface area contributed by atoms with Crippen LogP contribution in [0.3, 0.4) is 0 Å². The lowest BCUT2D eigenvalue weighted by molar-refractivity contribution is -0.870. The average Bonchev–Trinajstić information content (AvgIpc) is 3.38. The van der Waals surface area contributed by atoms with E-state index >= 15 is 0 Å². The first-order valence-corrected chi connectivity index (χ1v) is 34.3. The predicted molar refractivity (Wildman–Crippen MR) is 326 cm³/mol. The third kappa shape index (κ3) is 56.9. The molecule has 0 aliphatic carbocycles. The molecule has 1 amide bonds. The standard InChI is InChI=1S/C66H127N2O7P/c1-7-10-13-16-19-22-25-28-30-31-32-33-34-35-36-37-38-40-43-46-49-52-55-58-65(69)67-63(62-74-76(71,72)73-61-60-68(4,5)6)64(57-54-51-48-45-42-39-27-24-21-18-15-12-9-3)75-66(70)59-56-53-50-47-44-41-29-26-23-20-17-14-11-8-2/h19,22,28,30,54,57,63-64H,7-18,20-21,23-27,29,31-53,55-56,58-62H2,1-6H3,(H-,67,69,71,72)/b22-19-,30-28-,57-54-. The van der Waals surface area contributed by atoms with Crippen molar-refractivity contribution in [2.75, 3.05) is 40.9 Å². The molecule has 3 unspecified atom stereocenters. The summed E-state index contributed by atoms with van der Waals surface area (Å²) >= 11 is 0. The molecule has 0 fully saturated rings. The van der Waals surface area contributed by atoms with Crippen molar-refractivity contribution in [2.45, 2.75) is 335 Å². The molecule has 0 saturated heterocycles. The van der Waals surface area contributed by atoms with Crippen molar-refractivity contribution in [1.29, 1.82) is 0 Å². The van der Waals surface area contributed by atoms with Crippen LogP contribution in [0.15, 0.2) is 36.5 Å². The molecule has 448 valence electrons. The van der Waals surface area contributed by atoms with Crippen molar-refractivity contribution in [2.24, 2.45) is 0 Å². The molecule has 0 heterocycles. The molecular weight excluding hydrogens is 964 g/mol. The smallest absolute Gasteiger partial charge is 0.306 e. The van der Waals surface area contributed by atoms with Crippen molar-refractivity contribution in [1.82, 2.24) is 5.32 Å². The summed E-state index contributed by atoms with van der Waals surface area (Å²) in [6, 6.07) is -0.884. The first-order valence-electron chi connectivity index (χ1n) is 32.8.